The maximum atomic E-state index is 11.0. The Morgan fingerprint density at radius 1 is 1.06 bits per heavy atom. The lowest BCUT2D eigenvalue weighted by molar-refractivity contribution is -0.134. The van der Waals surface area contributed by atoms with Gasteiger partial charge in [-0.1, -0.05) is 0 Å². The van der Waals surface area contributed by atoms with E-state index in [2.05, 4.69) is 0 Å². The third kappa shape index (κ3) is 3.39. The van der Waals surface area contributed by atoms with Crippen LogP contribution in [-0.4, -0.2) is 33.7 Å². The molecule has 0 aromatic heterocycles. The zero-order chi connectivity index (χ0) is 12.1. The molecule has 0 fully saturated rings. The van der Waals surface area contributed by atoms with Crippen molar-refractivity contribution in [2.24, 2.45) is 0 Å². The summed E-state index contributed by atoms with van der Waals surface area (Å²) >= 11 is 1.10. The van der Waals surface area contributed by atoms with Crippen LogP contribution >= 0.6 is 11.8 Å². The third-order valence-corrected chi connectivity index (χ3v) is 2.67. The van der Waals surface area contributed by atoms with Gasteiger partial charge in [0.15, 0.2) is 0 Å². The molecule has 6 heteroatoms. The minimum absolute atomic E-state index is 0.0761. The smallest absolute Gasteiger partial charge is 0.377 e. The molecule has 0 aliphatic rings. The highest BCUT2D eigenvalue weighted by molar-refractivity contribution is 8.00. The van der Waals surface area contributed by atoms with Gasteiger partial charge >= 0.3 is 11.9 Å². The number of rotatable bonds is 5. The first kappa shape index (κ1) is 12.3. The first-order valence-corrected chi connectivity index (χ1v) is 5.21. The van der Waals surface area contributed by atoms with Gasteiger partial charge in [-0.25, -0.2) is 4.79 Å². The lowest BCUT2D eigenvalue weighted by Gasteiger charge is -1.99. The summed E-state index contributed by atoms with van der Waals surface area (Å²) in [7, 11) is 0. The number of hydrogen-bond donors (Lipinski definition) is 2. The van der Waals surface area contributed by atoms with Gasteiger partial charge in [-0.3, -0.25) is 9.59 Å². The summed E-state index contributed by atoms with van der Waals surface area (Å²) in [6.45, 7) is 0. The molecule has 0 atom stereocenters. The maximum Gasteiger partial charge on any atom is 0.377 e. The summed E-state index contributed by atoms with van der Waals surface area (Å²) < 4.78 is 0. The zero-order valence-electron chi connectivity index (χ0n) is 8.04. The van der Waals surface area contributed by atoms with Gasteiger partial charge in [-0.15, -0.1) is 11.8 Å². The highest BCUT2D eigenvalue weighted by atomic mass is 32.2. The fourth-order valence-electron chi connectivity index (χ4n) is 0.971. The molecule has 0 aliphatic heterocycles. The van der Waals surface area contributed by atoms with Crippen LogP contribution in [0.25, 0.3) is 0 Å². The van der Waals surface area contributed by atoms with Crippen molar-refractivity contribution >= 4 is 29.5 Å². The minimum Gasteiger partial charge on any atom is -0.481 e. The monoisotopic (exact) mass is 240 g/mol. The molecule has 0 radical (unpaired) electrons. The highest BCUT2D eigenvalue weighted by Gasteiger charge is 2.13. The van der Waals surface area contributed by atoms with Crippen molar-refractivity contribution in [1.82, 2.24) is 0 Å². The minimum atomic E-state index is -1.51. The first-order valence-electron chi connectivity index (χ1n) is 4.23. The molecule has 5 nitrogen and oxygen atoms in total. The Balaban J connectivity index is 2.71. The third-order valence-electron chi connectivity index (χ3n) is 1.67. The van der Waals surface area contributed by atoms with E-state index in [0.29, 0.717) is 4.90 Å². The Labute approximate surface area is 95.1 Å². The van der Waals surface area contributed by atoms with Gasteiger partial charge in [0, 0.05) is 10.5 Å². The van der Waals surface area contributed by atoms with Gasteiger partial charge in [-0.05, 0) is 24.3 Å². The van der Waals surface area contributed by atoms with Gasteiger partial charge in [0.25, 0.3) is 5.78 Å². The van der Waals surface area contributed by atoms with Gasteiger partial charge in [0.2, 0.25) is 0 Å². The lowest BCUT2D eigenvalue weighted by atomic mass is 10.1. The van der Waals surface area contributed by atoms with E-state index in [4.69, 9.17) is 10.2 Å². The molecule has 0 spiro atoms. The van der Waals surface area contributed by atoms with Crippen LogP contribution in [0.3, 0.4) is 0 Å². The van der Waals surface area contributed by atoms with E-state index in [1.807, 2.05) is 0 Å². The summed E-state index contributed by atoms with van der Waals surface area (Å²) in [6, 6.07) is 5.76. The predicted molar refractivity (Wildman–Crippen MR) is 56.8 cm³/mol. The lowest BCUT2D eigenvalue weighted by Crippen LogP contribution is -2.12. The Morgan fingerprint density at radius 3 is 2.06 bits per heavy atom. The second kappa shape index (κ2) is 5.32. The maximum absolute atomic E-state index is 11.0. The van der Waals surface area contributed by atoms with Crippen molar-refractivity contribution in [2.75, 3.05) is 5.75 Å². The molecule has 0 amide bonds. The summed E-state index contributed by atoms with van der Waals surface area (Å²) in [6.07, 6.45) is 0. The fraction of sp³-hybridized carbons (Fsp3) is 0.100. The Morgan fingerprint density at radius 2 is 1.62 bits per heavy atom. The zero-order valence-corrected chi connectivity index (χ0v) is 8.86. The summed E-state index contributed by atoms with van der Waals surface area (Å²) in [5, 5.41) is 16.9. The van der Waals surface area contributed by atoms with E-state index < -0.39 is 17.7 Å². The van der Waals surface area contributed by atoms with Gasteiger partial charge in [0.05, 0.1) is 5.75 Å². The number of Topliss-reactive ketones (excluding diaryl/α,β-unsaturated/α-hetero) is 1. The van der Waals surface area contributed by atoms with Gasteiger partial charge in [0.1, 0.15) is 0 Å². The number of carboxylic acid groups (broad SMARTS) is 2. The van der Waals surface area contributed by atoms with Crippen molar-refractivity contribution in [3.63, 3.8) is 0 Å². The number of carbonyl (C=O) groups excluding carboxylic acids is 1. The molecule has 0 bridgehead atoms. The van der Waals surface area contributed by atoms with Crippen molar-refractivity contribution in [2.45, 2.75) is 4.90 Å². The van der Waals surface area contributed by atoms with E-state index in [0.717, 1.165) is 11.8 Å². The number of ketones is 1. The van der Waals surface area contributed by atoms with Crippen LogP contribution in [0, 0.1) is 0 Å². The molecule has 0 saturated carbocycles. The quantitative estimate of drug-likeness (QED) is 0.455. The molecule has 0 aliphatic carbocycles. The molecule has 84 valence electrons. The van der Waals surface area contributed by atoms with Crippen LogP contribution in [0.4, 0.5) is 0 Å². The molecular formula is C10H8O5S. The highest BCUT2D eigenvalue weighted by Crippen LogP contribution is 2.18. The van der Waals surface area contributed by atoms with E-state index in [1.165, 1.54) is 24.3 Å². The van der Waals surface area contributed by atoms with Crippen LogP contribution < -0.4 is 0 Å². The topological polar surface area (TPSA) is 91.7 Å². The van der Waals surface area contributed by atoms with Crippen LogP contribution in [0.1, 0.15) is 10.4 Å². The van der Waals surface area contributed by atoms with Crippen LogP contribution in [-0.2, 0) is 9.59 Å². The molecule has 0 saturated heterocycles. The number of hydrogen-bond acceptors (Lipinski definition) is 4. The molecule has 1 aromatic rings. The first-order chi connectivity index (χ1) is 7.50. The van der Waals surface area contributed by atoms with E-state index >= 15 is 0 Å². The molecular weight excluding hydrogens is 232 g/mol. The standard InChI is InChI=1S/C10H8O5S/c11-8(12)5-16-7-3-1-6(2-4-7)9(13)10(14)15/h1-4H,5H2,(H,11,12)(H,14,15). The van der Waals surface area contributed by atoms with Crippen molar-refractivity contribution in [3.05, 3.63) is 29.8 Å². The number of benzene rings is 1. The predicted octanol–water partition coefficient (Wildman–Crippen LogP) is 1.13. The Bertz CT molecular complexity index is 423. The second-order valence-corrected chi connectivity index (χ2v) is 3.89. The average Bonchev–Trinajstić information content (AvgIpc) is 2.26. The normalized spacial score (nSPS) is 9.75. The van der Waals surface area contributed by atoms with E-state index in [1.54, 1.807) is 0 Å². The number of carbonyl (C=O) groups is 3. The Hall–Kier alpha value is -1.82. The number of carboxylic acids is 2. The summed E-state index contributed by atoms with van der Waals surface area (Å²) in [5.41, 5.74) is 0.0761. The molecule has 1 rings (SSSR count). The molecule has 2 N–H and O–H groups in total. The van der Waals surface area contributed by atoms with Gasteiger partial charge in [-0.2, -0.15) is 0 Å². The van der Waals surface area contributed by atoms with Crippen molar-refractivity contribution < 1.29 is 24.6 Å². The molecule has 0 unspecified atom stereocenters. The van der Waals surface area contributed by atoms with Gasteiger partial charge < -0.3 is 10.2 Å². The number of aliphatic carboxylic acids is 2. The molecule has 16 heavy (non-hydrogen) atoms. The van der Waals surface area contributed by atoms with Crippen molar-refractivity contribution in [3.8, 4) is 0 Å². The second-order valence-electron chi connectivity index (χ2n) is 2.84. The van der Waals surface area contributed by atoms with Crippen molar-refractivity contribution in [1.29, 1.82) is 0 Å². The fourth-order valence-corrected chi connectivity index (χ4v) is 1.59. The van der Waals surface area contributed by atoms with Crippen LogP contribution in [0.15, 0.2) is 29.2 Å². The SMILES string of the molecule is O=C(O)CSc1ccc(C(=O)C(=O)O)cc1. The number of thioether (sulfide) groups is 1. The van der Waals surface area contributed by atoms with Crippen LogP contribution in [0.5, 0.6) is 0 Å². The summed E-state index contributed by atoms with van der Waals surface area (Å²) in [5.74, 6) is -3.50. The van der Waals surface area contributed by atoms with Crippen LogP contribution in [0.2, 0.25) is 0 Å². The largest absolute Gasteiger partial charge is 0.481 e. The molecule has 0 heterocycles. The van der Waals surface area contributed by atoms with E-state index in [-0.39, 0.29) is 11.3 Å². The summed E-state index contributed by atoms with van der Waals surface area (Å²) in [4.78, 5) is 32.3. The molecule has 1 aromatic carbocycles. The van der Waals surface area contributed by atoms with E-state index in [9.17, 15) is 14.4 Å². The average molecular weight is 240 g/mol. The Kier molecular flexibility index (Phi) is 4.07.